The quantitative estimate of drug-likeness (QED) is 0.660. The number of halogens is 4. The van der Waals surface area contributed by atoms with Crippen molar-refractivity contribution in [3.63, 3.8) is 0 Å². The maximum Gasteiger partial charge on any atom is 0.130 e. The SMILES string of the molecule is CF.Fc1ccc(CBr)c(F)c1. The summed E-state index contributed by atoms with van der Waals surface area (Å²) >= 11 is 3.07. The number of rotatable bonds is 1. The lowest BCUT2D eigenvalue weighted by Gasteiger charge is -1.95. The van der Waals surface area contributed by atoms with Gasteiger partial charge in [-0.3, -0.25) is 4.39 Å². The topological polar surface area (TPSA) is 0 Å². The molecule has 0 saturated carbocycles. The van der Waals surface area contributed by atoms with Crippen LogP contribution in [0.3, 0.4) is 0 Å². The van der Waals surface area contributed by atoms with Gasteiger partial charge in [-0.2, -0.15) is 0 Å². The molecule has 1 rings (SSSR count). The highest BCUT2D eigenvalue weighted by Gasteiger charge is 2.00. The van der Waals surface area contributed by atoms with Crippen LogP contribution in [0.5, 0.6) is 0 Å². The molecule has 0 saturated heterocycles. The standard InChI is InChI=1S/C7H5BrF2.CH3F/c8-4-5-1-2-6(9)3-7(5)10;1-2/h1-3H,4H2;1H3. The molecule has 0 bridgehead atoms. The van der Waals surface area contributed by atoms with Crippen LogP contribution in [0.2, 0.25) is 0 Å². The van der Waals surface area contributed by atoms with Crippen molar-refractivity contribution in [3.8, 4) is 0 Å². The third-order valence-corrected chi connectivity index (χ3v) is 1.76. The molecule has 0 spiro atoms. The van der Waals surface area contributed by atoms with Crippen molar-refractivity contribution in [1.29, 1.82) is 0 Å². The molecule has 1 aromatic rings. The summed E-state index contributed by atoms with van der Waals surface area (Å²) in [6, 6.07) is 3.52. The van der Waals surface area contributed by atoms with Gasteiger partial charge in [0.2, 0.25) is 0 Å². The fourth-order valence-corrected chi connectivity index (χ4v) is 1.08. The van der Waals surface area contributed by atoms with Gasteiger partial charge in [-0.05, 0) is 11.6 Å². The summed E-state index contributed by atoms with van der Waals surface area (Å²) in [5, 5.41) is 0.416. The first-order chi connectivity index (χ1) is 5.74. The highest BCUT2D eigenvalue weighted by molar-refractivity contribution is 9.08. The van der Waals surface area contributed by atoms with Crippen LogP contribution >= 0.6 is 15.9 Å². The Hall–Kier alpha value is -0.510. The third-order valence-electron chi connectivity index (χ3n) is 1.16. The minimum Gasteiger partial charge on any atom is -0.255 e. The second-order valence-electron chi connectivity index (χ2n) is 1.87. The van der Waals surface area contributed by atoms with E-state index in [0.29, 0.717) is 18.1 Å². The lowest BCUT2D eigenvalue weighted by molar-refractivity contribution is 0.577. The van der Waals surface area contributed by atoms with Gasteiger partial charge in [-0.25, -0.2) is 8.78 Å². The molecule has 0 fully saturated rings. The van der Waals surface area contributed by atoms with E-state index in [0.717, 1.165) is 6.07 Å². The van der Waals surface area contributed by atoms with Gasteiger partial charge in [0, 0.05) is 11.4 Å². The van der Waals surface area contributed by atoms with Crippen LogP contribution < -0.4 is 0 Å². The summed E-state index contributed by atoms with van der Waals surface area (Å²) in [7, 11) is 0.500. The van der Waals surface area contributed by atoms with E-state index >= 15 is 0 Å². The summed E-state index contributed by atoms with van der Waals surface area (Å²) in [4.78, 5) is 0. The number of hydrogen-bond acceptors (Lipinski definition) is 0. The van der Waals surface area contributed by atoms with Crippen LogP contribution in [-0.4, -0.2) is 7.18 Å². The molecule has 0 aliphatic carbocycles. The average molecular weight is 241 g/mol. The maximum atomic E-state index is 12.6. The predicted molar refractivity (Wildman–Crippen MR) is 46.0 cm³/mol. The van der Waals surface area contributed by atoms with E-state index in [2.05, 4.69) is 15.9 Å². The van der Waals surface area contributed by atoms with E-state index in [9.17, 15) is 13.2 Å². The van der Waals surface area contributed by atoms with Gasteiger partial charge >= 0.3 is 0 Å². The Morgan fingerprint density at radius 3 is 2.25 bits per heavy atom. The van der Waals surface area contributed by atoms with Crippen molar-refractivity contribution in [2.75, 3.05) is 7.18 Å². The van der Waals surface area contributed by atoms with Crippen LogP contribution in [0, 0.1) is 11.6 Å². The van der Waals surface area contributed by atoms with E-state index in [-0.39, 0.29) is 0 Å². The summed E-state index contributed by atoms with van der Waals surface area (Å²) in [6.45, 7) is 0. The largest absolute Gasteiger partial charge is 0.255 e. The van der Waals surface area contributed by atoms with Gasteiger partial charge in [0.1, 0.15) is 11.6 Å². The van der Waals surface area contributed by atoms with Crippen LogP contribution in [0.25, 0.3) is 0 Å². The third kappa shape index (κ3) is 3.26. The molecule has 4 heteroatoms. The van der Waals surface area contributed by atoms with Gasteiger partial charge in [0.05, 0.1) is 7.18 Å². The van der Waals surface area contributed by atoms with E-state index < -0.39 is 11.6 Å². The lowest BCUT2D eigenvalue weighted by atomic mass is 10.2. The molecule has 0 amide bonds. The normalized spacial score (nSPS) is 8.75. The van der Waals surface area contributed by atoms with Gasteiger partial charge in [0.15, 0.2) is 0 Å². The zero-order valence-corrected chi connectivity index (χ0v) is 8.04. The van der Waals surface area contributed by atoms with E-state index in [1.807, 2.05) is 0 Å². The first-order valence-corrected chi connectivity index (χ1v) is 4.24. The molecule has 0 aliphatic rings. The van der Waals surface area contributed by atoms with Crippen LogP contribution in [0.4, 0.5) is 13.2 Å². The molecule has 0 atom stereocenters. The zero-order valence-electron chi connectivity index (χ0n) is 6.45. The molecule has 0 radical (unpaired) electrons. The smallest absolute Gasteiger partial charge is 0.130 e. The Morgan fingerprint density at radius 2 is 1.83 bits per heavy atom. The Balaban J connectivity index is 0.000000561. The predicted octanol–water partition coefficient (Wildman–Crippen LogP) is 3.45. The molecule has 12 heavy (non-hydrogen) atoms. The van der Waals surface area contributed by atoms with Crippen molar-refractivity contribution in [3.05, 3.63) is 35.4 Å². The highest BCUT2D eigenvalue weighted by Crippen LogP contribution is 2.11. The second-order valence-corrected chi connectivity index (χ2v) is 2.43. The Labute approximate surface area is 77.5 Å². The fourth-order valence-electron chi connectivity index (χ4n) is 0.630. The van der Waals surface area contributed by atoms with Crippen molar-refractivity contribution < 1.29 is 13.2 Å². The van der Waals surface area contributed by atoms with Gasteiger partial charge in [-0.1, -0.05) is 22.0 Å². The van der Waals surface area contributed by atoms with Gasteiger partial charge in [-0.15, -0.1) is 0 Å². The Morgan fingerprint density at radius 1 is 1.25 bits per heavy atom. The highest BCUT2D eigenvalue weighted by atomic mass is 79.9. The fraction of sp³-hybridized carbons (Fsp3) is 0.250. The minimum atomic E-state index is -0.540. The summed E-state index contributed by atoms with van der Waals surface area (Å²) in [6.07, 6.45) is 0. The summed E-state index contributed by atoms with van der Waals surface area (Å²) in [5.41, 5.74) is 0.474. The summed E-state index contributed by atoms with van der Waals surface area (Å²) in [5.74, 6) is -1.04. The molecule has 1 aromatic carbocycles. The van der Waals surface area contributed by atoms with Crippen molar-refractivity contribution in [1.82, 2.24) is 0 Å². The van der Waals surface area contributed by atoms with Crippen molar-refractivity contribution in [2.24, 2.45) is 0 Å². The maximum absolute atomic E-state index is 12.6. The number of hydrogen-bond donors (Lipinski definition) is 0. The monoisotopic (exact) mass is 240 g/mol. The van der Waals surface area contributed by atoms with E-state index in [1.165, 1.54) is 12.1 Å². The molecule has 0 unspecified atom stereocenters. The van der Waals surface area contributed by atoms with Gasteiger partial charge < -0.3 is 0 Å². The Kier molecular flexibility index (Phi) is 5.80. The molecule has 0 aromatic heterocycles. The van der Waals surface area contributed by atoms with Crippen molar-refractivity contribution in [2.45, 2.75) is 5.33 Å². The molecule has 0 N–H and O–H groups in total. The van der Waals surface area contributed by atoms with Crippen LogP contribution in [-0.2, 0) is 5.33 Å². The summed E-state index contributed by atoms with van der Waals surface area (Å²) < 4.78 is 34.3. The zero-order chi connectivity index (χ0) is 9.56. The molecule has 0 heterocycles. The molecular weight excluding hydrogens is 233 g/mol. The molecule has 68 valence electrons. The number of alkyl halides is 2. The second kappa shape index (κ2) is 6.06. The van der Waals surface area contributed by atoms with Gasteiger partial charge in [0.25, 0.3) is 0 Å². The molecule has 0 aliphatic heterocycles. The Bertz CT molecular complexity index is 238. The van der Waals surface area contributed by atoms with Crippen LogP contribution in [0.1, 0.15) is 5.56 Å². The first-order valence-electron chi connectivity index (χ1n) is 3.11. The average Bonchev–Trinajstić information content (AvgIpc) is 2.08. The van der Waals surface area contributed by atoms with Crippen molar-refractivity contribution >= 4 is 15.9 Å². The number of benzene rings is 1. The minimum absolute atomic E-state index is 0.416. The van der Waals surface area contributed by atoms with Crippen LogP contribution in [0.15, 0.2) is 18.2 Å². The molecule has 0 nitrogen and oxygen atoms in total. The lowest BCUT2D eigenvalue weighted by Crippen LogP contribution is -1.85. The van der Waals surface area contributed by atoms with E-state index in [1.54, 1.807) is 0 Å². The van der Waals surface area contributed by atoms with E-state index in [4.69, 9.17) is 0 Å². The first kappa shape index (κ1) is 11.5. The molecular formula is C8H8BrF3.